The smallest absolute Gasteiger partial charge is 0.276 e. The van der Waals surface area contributed by atoms with Gasteiger partial charge in [0.15, 0.2) is 13.2 Å². The summed E-state index contributed by atoms with van der Waals surface area (Å²) in [4.78, 5) is 23.9. The Bertz CT molecular complexity index is 1030. The standard InChI is InChI=1S/C23H20Br2N2O4/c1-15-11-18(24)12-20(25)23(15)31-14-22(29)27-26-21(28)13-30-19-9-7-17(8-10-19)16-5-3-2-4-6-16/h2-12H,13-14H2,1H3,(H,26,28)(H,27,29). The molecule has 3 aromatic rings. The number of rotatable bonds is 7. The van der Waals surface area contributed by atoms with Crippen LogP contribution in [0.4, 0.5) is 0 Å². The number of amides is 2. The van der Waals surface area contributed by atoms with Crippen LogP contribution in [-0.4, -0.2) is 25.0 Å². The monoisotopic (exact) mass is 546 g/mol. The number of hydrazine groups is 1. The zero-order valence-electron chi connectivity index (χ0n) is 16.7. The Labute approximate surface area is 197 Å². The molecule has 2 amide bonds. The molecule has 3 aromatic carbocycles. The second-order valence-electron chi connectivity index (χ2n) is 6.60. The molecule has 0 saturated heterocycles. The van der Waals surface area contributed by atoms with E-state index in [2.05, 4.69) is 42.7 Å². The van der Waals surface area contributed by atoms with E-state index >= 15 is 0 Å². The normalized spacial score (nSPS) is 10.3. The Morgan fingerprint density at radius 3 is 2.00 bits per heavy atom. The molecule has 160 valence electrons. The minimum atomic E-state index is -0.491. The molecular weight excluding hydrogens is 528 g/mol. The Hall–Kier alpha value is -2.84. The lowest BCUT2D eigenvalue weighted by Gasteiger charge is -2.12. The van der Waals surface area contributed by atoms with E-state index in [1.807, 2.05) is 61.5 Å². The van der Waals surface area contributed by atoms with E-state index < -0.39 is 11.8 Å². The maximum atomic E-state index is 11.9. The van der Waals surface area contributed by atoms with E-state index in [0.29, 0.717) is 11.5 Å². The zero-order valence-corrected chi connectivity index (χ0v) is 19.8. The lowest BCUT2D eigenvalue weighted by atomic mass is 10.1. The highest BCUT2D eigenvalue weighted by Crippen LogP contribution is 2.32. The van der Waals surface area contributed by atoms with Gasteiger partial charge in [-0.2, -0.15) is 0 Å². The van der Waals surface area contributed by atoms with Crippen LogP contribution in [0.5, 0.6) is 11.5 Å². The van der Waals surface area contributed by atoms with Gasteiger partial charge in [0.25, 0.3) is 11.8 Å². The minimum Gasteiger partial charge on any atom is -0.484 e. The fraction of sp³-hybridized carbons (Fsp3) is 0.130. The number of carbonyl (C=O) groups excluding carboxylic acids is 2. The predicted octanol–water partition coefficient (Wildman–Crippen LogP) is 4.79. The molecule has 0 heterocycles. The van der Waals surface area contributed by atoms with Crippen LogP contribution >= 0.6 is 31.9 Å². The molecule has 0 saturated carbocycles. The van der Waals surface area contributed by atoms with E-state index in [1.165, 1.54) is 0 Å². The van der Waals surface area contributed by atoms with E-state index in [1.54, 1.807) is 12.1 Å². The molecule has 0 radical (unpaired) electrons. The van der Waals surface area contributed by atoms with Crippen molar-refractivity contribution in [3.63, 3.8) is 0 Å². The fourth-order valence-electron chi connectivity index (χ4n) is 2.74. The Morgan fingerprint density at radius 2 is 1.39 bits per heavy atom. The summed E-state index contributed by atoms with van der Waals surface area (Å²) in [6, 6.07) is 21.1. The van der Waals surface area contributed by atoms with Crippen molar-refractivity contribution >= 4 is 43.7 Å². The van der Waals surface area contributed by atoms with Crippen molar-refractivity contribution in [1.29, 1.82) is 0 Å². The molecule has 8 heteroatoms. The number of hydrogen-bond donors (Lipinski definition) is 2. The molecule has 3 rings (SSSR count). The van der Waals surface area contributed by atoms with Gasteiger partial charge in [-0.1, -0.05) is 58.4 Å². The second-order valence-corrected chi connectivity index (χ2v) is 8.37. The molecule has 0 aliphatic rings. The van der Waals surface area contributed by atoms with Gasteiger partial charge in [0.1, 0.15) is 11.5 Å². The van der Waals surface area contributed by atoms with Crippen LogP contribution in [0.15, 0.2) is 75.7 Å². The third-order valence-corrected chi connectivity index (χ3v) is 5.26. The van der Waals surface area contributed by atoms with Crippen LogP contribution in [0, 0.1) is 6.92 Å². The zero-order chi connectivity index (χ0) is 22.2. The summed E-state index contributed by atoms with van der Waals surface area (Å²) in [5, 5.41) is 0. The molecule has 0 spiro atoms. The second kappa shape index (κ2) is 11.0. The summed E-state index contributed by atoms with van der Waals surface area (Å²) >= 11 is 6.79. The van der Waals surface area contributed by atoms with Crippen LogP contribution in [0.2, 0.25) is 0 Å². The minimum absolute atomic E-state index is 0.233. The maximum absolute atomic E-state index is 11.9. The molecule has 0 aliphatic carbocycles. The summed E-state index contributed by atoms with van der Waals surface area (Å²) in [6.45, 7) is 1.39. The first kappa shape index (κ1) is 22.8. The third-order valence-electron chi connectivity index (χ3n) is 4.21. The first-order valence-corrected chi connectivity index (χ1v) is 11.0. The summed E-state index contributed by atoms with van der Waals surface area (Å²) in [5.41, 5.74) is 7.62. The van der Waals surface area contributed by atoms with E-state index in [-0.39, 0.29) is 13.2 Å². The average molecular weight is 548 g/mol. The lowest BCUT2D eigenvalue weighted by molar-refractivity contribution is -0.131. The third kappa shape index (κ3) is 6.83. The van der Waals surface area contributed by atoms with Crippen LogP contribution in [0.3, 0.4) is 0 Å². The Kier molecular flexibility index (Phi) is 8.08. The number of hydrogen-bond acceptors (Lipinski definition) is 4. The number of nitrogens with one attached hydrogen (secondary N) is 2. The number of aryl methyl sites for hydroxylation is 1. The molecule has 2 N–H and O–H groups in total. The van der Waals surface area contributed by atoms with Gasteiger partial charge in [-0.05, 0) is 63.8 Å². The van der Waals surface area contributed by atoms with Crippen molar-refractivity contribution in [2.75, 3.05) is 13.2 Å². The molecule has 0 atom stereocenters. The highest BCUT2D eigenvalue weighted by Gasteiger charge is 2.11. The maximum Gasteiger partial charge on any atom is 0.276 e. The highest BCUT2D eigenvalue weighted by molar-refractivity contribution is 9.11. The first-order chi connectivity index (χ1) is 14.9. The van der Waals surface area contributed by atoms with Crippen molar-refractivity contribution in [1.82, 2.24) is 10.9 Å². The largest absolute Gasteiger partial charge is 0.484 e. The fourth-order valence-corrected chi connectivity index (χ4v) is 4.30. The van der Waals surface area contributed by atoms with Crippen LogP contribution in [0.25, 0.3) is 11.1 Å². The van der Waals surface area contributed by atoms with Gasteiger partial charge in [0, 0.05) is 4.47 Å². The van der Waals surface area contributed by atoms with Crippen LogP contribution in [0.1, 0.15) is 5.56 Å². The van der Waals surface area contributed by atoms with E-state index in [0.717, 1.165) is 25.6 Å². The molecule has 0 aliphatic heterocycles. The van der Waals surface area contributed by atoms with Crippen molar-refractivity contribution in [3.05, 3.63) is 81.2 Å². The van der Waals surface area contributed by atoms with Gasteiger partial charge >= 0.3 is 0 Å². The predicted molar refractivity (Wildman–Crippen MR) is 126 cm³/mol. The molecule has 0 aromatic heterocycles. The van der Waals surface area contributed by atoms with E-state index in [4.69, 9.17) is 9.47 Å². The van der Waals surface area contributed by atoms with Crippen LogP contribution in [-0.2, 0) is 9.59 Å². The number of ether oxygens (including phenoxy) is 2. The summed E-state index contributed by atoms with van der Waals surface area (Å²) in [5.74, 6) is 0.142. The average Bonchev–Trinajstić information content (AvgIpc) is 2.76. The molecule has 0 fully saturated rings. The van der Waals surface area contributed by atoms with Crippen LogP contribution < -0.4 is 20.3 Å². The number of halogens is 2. The lowest BCUT2D eigenvalue weighted by Crippen LogP contribution is -2.45. The van der Waals surface area contributed by atoms with Gasteiger partial charge in [-0.15, -0.1) is 0 Å². The number of carbonyl (C=O) groups is 2. The summed E-state index contributed by atoms with van der Waals surface area (Å²) < 4.78 is 12.6. The molecule has 0 unspecified atom stereocenters. The molecular formula is C23H20Br2N2O4. The molecule has 31 heavy (non-hydrogen) atoms. The van der Waals surface area contributed by atoms with Gasteiger partial charge in [0.05, 0.1) is 4.47 Å². The molecule has 0 bridgehead atoms. The van der Waals surface area contributed by atoms with Gasteiger partial charge in [-0.25, -0.2) is 0 Å². The van der Waals surface area contributed by atoms with Gasteiger partial charge in [-0.3, -0.25) is 20.4 Å². The van der Waals surface area contributed by atoms with Gasteiger partial charge in [0.2, 0.25) is 0 Å². The van der Waals surface area contributed by atoms with Crippen molar-refractivity contribution in [3.8, 4) is 22.6 Å². The van der Waals surface area contributed by atoms with E-state index in [9.17, 15) is 9.59 Å². The van der Waals surface area contributed by atoms with Crippen molar-refractivity contribution < 1.29 is 19.1 Å². The quantitative estimate of drug-likeness (QED) is 0.417. The summed E-state index contributed by atoms with van der Waals surface area (Å²) in [6.07, 6.45) is 0. The van der Waals surface area contributed by atoms with Crippen molar-refractivity contribution in [2.24, 2.45) is 0 Å². The van der Waals surface area contributed by atoms with Crippen molar-refractivity contribution in [2.45, 2.75) is 6.92 Å². The number of benzene rings is 3. The summed E-state index contributed by atoms with van der Waals surface area (Å²) in [7, 11) is 0. The highest BCUT2D eigenvalue weighted by atomic mass is 79.9. The Morgan fingerprint density at radius 1 is 0.806 bits per heavy atom. The topological polar surface area (TPSA) is 76.7 Å². The molecule has 6 nitrogen and oxygen atoms in total. The SMILES string of the molecule is Cc1cc(Br)cc(Br)c1OCC(=O)NNC(=O)COc1ccc(-c2ccccc2)cc1. The Balaban J connectivity index is 1.40. The van der Waals surface area contributed by atoms with Gasteiger partial charge < -0.3 is 9.47 Å². The first-order valence-electron chi connectivity index (χ1n) is 9.37.